The van der Waals surface area contributed by atoms with Gasteiger partial charge >= 0.3 is 0 Å². The highest BCUT2D eigenvalue weighted by Gasteiger charge is 2.44. The fourth-order valence-corrected chi connectivity index (χ4v) is 3.50. The maximum Gasteiger partial charge on any atom is 0.222 e. The molecule has 0 spiro atoms. The van der Waals surface area contributed by atoms with Gasteiger partial charge in [0.2, 0.25) is 5.91 Å². The van der Waals surface area contributed by atoms with Crippen LogP contribution in [-0.2, 0) is 10.2 Å². The minimum atomic E-state index is 0.168. The summed E-state index contributed by atoms with van der Waals surface area (Å²) in [4.78, 5) is 17.7. The molecule has 1 saturated heterocycles. The molecule has 1 aromatic rings. The summed E-state index contributed by atoms with van der Waals surface area (Å²) in [6, 6.07) is 8.39. The summed E-state index contributed by atoms with van der Waals surface area (Å²) in [5.41, 5.74) is 1.46. The molecule has 24 heavy (non-hydrogen) atoms. The van der Waals surface area contributed by atoms with Crippen LogP contribution >= 0.6 is 11.6 Å². The highest BCUT2D eigenvalue weighted by atomic mass is 35.5. The fraction of sp³-hybridized carbons (Fsp3) is 0.556. The van der Waals surface area contributed by atoms with E-state index in [1.165, 1.54) is 5.56 Å². The van der Waals surface area contributed by atoms with Gasteiger partial charge in [0, 0.05) is 50.1 Å². The number of rotatable bonds is 4. The number of carbonyl (C=O) groups is 1. The van der Waals surface area contributed by atoms with Gasteiger partial charge in [-0.25, -0.2) is 0 Å². The summed E-state index contributed by atoms with van der Waals surface area (Å²) in [5.74, 6) is 1.02. The molecule has 3 rings (SSSR count). The molecule has 5 nitrogen and oxygen atoms in total. The maximum absolute atomic E-state index is 11.6. The molecule has 1 aromatic carbocycles. The van der Waals surface area contributed by atoms with Crippen LogP contribution in [0.15, 0.2) is 29.3 Å². The van der Waals surface area contributed by atoms with E-state index in [2.05, 4.69) is 27.8 Å². The first kappa shape index (κ1) is 17.1. The Morgan fingerprint density at radius 3 is 2.88 bits per heavy atom. The van der Waals surface area contributed by atoms with Gasteiger partial charge in [-0.15, -0.1) is 0 Å². The van der Waals surface area contributed by atoms with E-state index in [1.807, 2.05) is 19.2 Å². The molecule has 2 N–H and O–H groups in total. The first-order valence-corrected chi connectivity index (χ1v) is 8.87. The monoisotopic (exact) mass is 348 g/mol. The number of likely N-dealkylation sites (N-methyl/N-ethyl adjacent to an activating group) is 1. The summed E-state index contributed by atoms with van der Waals surface area (Å²) in [6.07, 6.45) is 3.77. The summed E-state index contributed by atoms with van der Waals surface area (Å²) in [6.45, 7) is 1.56. The fourth-order valence-electron chi connectivity index (χ4n) is 3.31. The summed E-state index contributed by atoms with van der Waals surface area (Å²) < 4.78 is 0. The van der Waals surface area contributed by atoms with Crippen LogP contribution < -0.4 is 10.6 Å². The van der Waals surface area contributed by atoms with Crippen molar-refractivity contribution >= 4 is 23.5 Å². The lowest BCUT2D eigenvalue weighted by Gasteiger charge is -2.31. The summed E-state index contributed by atoms with van der Waals surface area (Å²) >= 11 is 6.13. The van der Waals surface area contributed by atoms with Crippen LogP contribution in [0.5, 0.6) is 0 Å². The number of guanidine groups is 1. The smallest absolute Gasteiger partial charge is 0.222 e. The van der Waals surface area contributed by atoms with Crippen LogP contribution in [0, 0.1) is 0 Å². The molecule has 2 aliphatic rings. The first-order valence-electron chi connectivity index (χ1n) is 8.50. The van der Waals surface area contributed by atoms with Gasteiger partial charge in [-0.1, -0.05) is 23.7 Å². The number of nitrogens with zero attached hydrogens (tertiary/aromatic N) is 2. The van der Waals surface area contributed by atoms with Crippen molar-refractivity contribution in [1.29, 1.82) is 0 Å². The van der Waals surface area contributed by atoms with E-state index in [9.17, 15) is 4.79 Å². The zero-order valence-corrected chi connectivity index (χ0v) is 15.1. The third-order valence-corrected chi connectivity index (χ3v) is 5.31. The Labute approximate surface area is 148 Å². The van der Waals surface area contributed by atoms with E-state index in [4.69, 9.17) is 11.6 Å². The first-order chi connectivity index (χ1) is 11.5. The number of nitrogens with one attached hydrogen (secondary N) is 2. The van der Waals surface area contributed by atoms with Crippen LogP contribution in [0.3, 0.4) is 0 Å². The average Bonchev–Trinajstić information content (AvgIpc) is 3.36. The zero-order valence-electron chi connectivity index (χ0n) is 14.3. The molecule has 0 bridgehead atoms. The van der Waals surface area contributed by atoms with Crippen LogP contribution in [0.1, 0.15) is 31.2 Å². The van der Waals surface area contributed by atoms with Gasteiger partial charge < -0.3 is 15.5 Å². The van der Waals surface area contributed by atoms with E-state index in [0.717, 1.165) is 43.3 Å². The molecule has 1 aliphatic carbocycles. The Morgan fingerprint density at radius 2 is 2.25 bits per heavy atom. The van der Waals surface area contributed by atoms with Gasteiger partial charge in [0.15, 0.2) is 5.96 Å². The zero-order chi connectivity index (χ0) is 17.2. The van der Waals surface area contributed by atoms with E-state index in [1.54, 1.807) is 11.9 Å². The molecule has 1 amide bonds. The Hall–Kier alpha value is -1.75. The molecule has 1 atom stereocenters. The van der Waals surface area contributed by atoms with Gasteiger partial charge in [-0.05, 0) is 37.0 Å². The predicted octanol–water partition coefficient (Wildman–Crippen LogP) is 2.16. The van der Waals surface area contributed by atoms with Crippen molar-refractivity contribution in [3.05, 3.63) is 34.9 Å². The van der Waals surface area contributed by atoms with E-state index in [0.29, 0.717) is 6.42 Å². The Balaban J connectivity index is 1.56. The third-order valence-electron chi connectivity index (χ3n) is 5.08. The number of amides is 1. The van der Waals surface area contributed by atoms with Crippen LogP contribution in [0.2, 0.25) is 5.02 Å². The Kier molecular flexibility index (Phi) is 4.99. The predicted molar refractivity (Wildman–Crippen MR) is 97.5 cm³/mol. The van der Waals surface area contributed by atoms with Crippen molar-refractivity contribution in [3.8, 4) is 0 Å². The lowest BCUT2D eigenvalue weighted by atomic mass is 9.96. The van der Waals surface area contributed by atoms with Gasteiger partial charge in [-0.2, -0.15) is 0 Å². The van der Waals surface area contributed by atoms with E-state index in [-0.39, 0.29) is 17.4 Å². The van der Waals surface area contributed by atoms with Gasteiger partial charge in [-0.3, -0.25) is 9.79 Å². The molecule has 1 unspecified atom stereocenters. The Bertz CT molecular complexity index is 642. The van der Waals surface area contributed by atoms with Crippen molar-refractivity contribution in [2.75, 3.05) is 27.2 Å². The summed E-state index contributed by atoms with van der Waals surface area (Å²) in [5, 5.41) is 7.68. The van der Waals surface area contributed by atoms with E-state index >= 15 is 0 Å². The molecule has 0 radical (unpaired) electrons. The number of aliphatic imine (C=N–C) groups is 1. The summed E-state index contributed by atoms with van der Waals surface area (Å²) in [7, 11) is 3.64. The second-order valence-corrected chi connectivity index (χ2v) is 7.31. The normalized spacial score (nSPS) is 23.1. The van der Waals surface area contributed by atoms with Crippen molar-refractivity contribution in [3.63, 3.8) is 0 Å². The molecule has 0 aromatic heterocycles. The largest absolute Gasteiger partial charge is 0.356 e. The van der Waals surface area contributed by atoms with E-state index < -0.39 is 0 Å². The van der Waals surface area contributed by atoms with Gasteiger partial charge in [0.25, 0.3) is 0 Å². The number of piperidine rings is 1. The number of carbonyl (C=O) groups excluding carboxylic acids is 1. The lowest BCUT2D eigenvalue weighted by molar-refractivity contribution is -0.132. The number of hydrogen-bond donors (Lipinski definition) is 2. The van der Waals surface area contributed by atoms with Gasteiger partial charge in [0.05, 0.1) is 0 Å². The van der Waals surface area contributed by atoms with Crippen molar-refractivity contribution in [1.82, 2.24) is 15.5 Å². The molecule has 1 aliphatic heterocycles. The molecule has 2 fully saturated rings. The van der Waals surface area contributed by atoms with Crippen molar-refractivity contribution < 1.29 is 4.79 Å². The highest BCUT2D eigenvalue weighted by molar-refractivity contribution is 6.30. The lowest BCUT2D eigenvalue weighted by Crippen LogP contribution is -2.52. The highest BCUT2D eigenvalue weighted by Crippen LogP contribution is 2.48. The number of hydrogen-bond acceptors (Lipinski definition) is 2. The second kappa shape index (κ2) is 7.01. The SMILES string of the molecule is CN=C(NCC1(c2cccc(Cl)c2)CC1)NC1CCC(=O)N(C)C1. The Morgan fingerprint density at radius 1 is 1.46 bits per heavy atom. The molecular formula is C18H25ClN4O. The van der Waals surface area contributed by atoms with Crippen LogP contribution in [0.4, 0.5) is 0 Å². The minimum absolute atomic E-state index is 0.168. The maximum atomic E-state index is 11.6. The average molecular weight is 349 g/mol. The number of benzene rings is 1. The van der Waals surface area contributed by atoms with Crippen LogP contribution in [-0.4, -0.2) is 50.0 Å². The molecule has 6 heteroatoms. The number of halogens is 1. The molecule has 1 saturated carbocycles. The molecule has 1 heterocycles. The molecule has 130 valence electrons. The quantitative estimate of drug-likeness (QED) is 0.647. The molecular weight excluding hydrogens is 324 g/mol. The minimum Gasteiger partial charge on any atom is -0.356 e. The van der Waals surface area contributed by atoms with Crippen molar-refractivity contribution in [2.24, 2.45) is 4.99 Å². The standard InChI is InChI=1S/C18H25ClN4O/c1-20-17(22-15-6-7-16(24)23(2)11-15)21-12-18(8-9-18)13-4-3-5-14(19)10-13/h3-5,10,15H,6-9,11-12H2,1-2H3,(H2,20,21,22). The topological polar surface area (TPSA) is 56.7 Å². The second-order valence-electron chi connectivity index (χ2n) is 6.87. The van der Waals surface area contributed by atoms with Crippen molar-refractivity contribution in [2.45, 2.75) is 37.1 Å². The van der Waals surface area contributed by atoms with Gasteiger partial charge in [0.1, 0.15) is 0 Å². The third kappa shape index (κ3) is 3.83. The van der Waals surface area contributed by atoms with Crippen LogP contribution in [0.25, 0.3) is 0 Å². The number of likely N-dealkylation sites (tertiary alicyclic amines) is 1.